The average molecular weight is 425 g/mol. The third-order valence-corrected chi connectivity index (χ3v) is 4.66. The van der Waals surface area contributed by atoms with Crippen molar-refractivity contribution in [2.75, 3.05) is 17.2 Å². The largest absolute Gasteiger partial charge is 0.370 e. The first kappa shape index (κ1) is 19.6. The second-order valence-corrected chi connectivity index (χ2v) is 7.01. The zero-order valence-electron chi connectivity index (χ0n) is 15.6. The number of aromatic nitrogens is 5. The maximum atomic E-state index is 13.0. The second-order valence-electron chi connectivity index (χ2n) is 6.18. The Bertz CT molecular complexity index is 1100. The lowest BCUT2D eigenvalue weighted by Crippen LogP contribution is -2.12. The molecule has 9 nitrogen and oxygen atoms in total. The van der Waals surface area contributed by atoms with Crippen LogP contribution in [0.4, 0.5) is 15.3 Å². The lowest BCUT2D eigenvalue weighted by Gasteiger charge is -2.05. The van der Waals surface area contributed by atoms with Crippen LogP contribution < -0.4 is 10.6 Å². The molecule has 0 aliphatic heterocycles. The number of halogens is 1. The molecular formula is C19H16FN7O2S. The van der Waals surface area contributed by atoms with E-state index in [0.29, 0.717) is 46.8 Å². The Kier molecular flexibility index (Phi) is 5.99. The number of anilines is 2. The summed E-state index contributed by atoms with van der Waals surface area (Å²) >= 11 is 1.24. The fraction of sp³-hybridized carbons (Fsp3) is 0.158. The molecule has 1 aromatic carbocycles. The molecule has 0 atom stereocenters. The molecule has 0 saturated heterocycles. The summed E-state index contributed by atoms with van der Waals surface area (Å²) < 4.78 is 18.2. The van der Waals surface area contributed by atoms with Crippen LogP contribution in [0.2, 0.25) is 0 Å². The van der Waals surface area contributed by atoms with Gasteiger partial charge in [-0.15, -0.1) is 10.2 Å². The van der Waals surface area contributed by atoms with Crippen molar-refractivity contribution in [3.8, 4) is 11.4 Å². The molecule has 0 radical (unpaired) electrons. The molecule has 2 N–H and O–H groups in total. The van der Waals surface area contributed by atoms with Gasteiger partial charge in [0.2, 0.25) is 16.8 Å². The Morgan fingerprint density at radius 1 is 1.17 bits per heavy atom. The first-order chi connectivity index (χ1) is 14.7. The highest BCUT2D eigenvalue weighted by molar-refractivity contribution is 7.13. The summed E-state index contributed by atoms with van der Waals surface area (Å²) in [7, 11) is 0. The number of carbonyl (C=O) groups is 1. The van der Waals surface area contributed by atoms with E-state index in [0.717, 1.165) is 6.42 Å². The monoisotopic (exact) mass is 425 g/mol. The smallest absolute Gasteiger partial charge is 0.259 e. The van der Waals surface area contributed by atoms with Gasteiger partial charge in [0, 0.05) is 24.7 Å². The van der Waals surface area contributed by atoms with Gasteiger partial charge in [-0.25, -0.2) is 9.37 Å². The van der Waals surface area contributed by atoms with Crippen LogP contribution in [0.1, 0.15) is 22.7 Å². The van der Waals surface area contributed by atoms with Gasteiger partial charge in [-0.3, -0.25) is 10.1 Å². The lowest BCUT2D eigenvalue weighted by atomic mass is 10.2. The molecular weight excluding hydrogens is 409 g/mol. The predicted molar refractivity (Wildman–Crippen MR) is 109 cm³/mol. The molecule has 0 saturated carbocycles. The standard InChI is InChI=1S/C19H16FN7O2S/c20-14-6-3-12(4-7-14)17-24-16(29-27-17)2-1-9-21-15-8-5-13(10-22-15)18(28)25-19-26-23-11-30-19/h3-8,10-11H,1-2,9H2,(H,21,22)(H,25,26,28). The van der Waals surface area contributed by atoms with Gasteiger partial charge in [0.05, 0.1) is 5.56 Å². The normalized spacial score (nSPS) is 10.7. The summed E-state index contributed by atoms with van der Waals surface area (Å²) in [6.07, 6.45) is 2.82. The van der Waals surface area contributed by atoms with Crippen LogP contribution >= 0.6 is 11.3 Å². The molecule has 0 fully saturated rings. The number of hydrogen-bond acceptors (Lipinski definition) is 9. The quantitative estimate of drug-likeness (QED) is 0.412. The first-order valence-corrected chi connectivity index (χ1v) is 9.91. The molecule has 0 aliphatic rings. The molecule has 30 heavy (non-hydrogen) atoms. The minimum Gasteiger partial charge on any atom is -0.370 e. The molecule has 0 bridgehead atoms. The number of nitrogens with one attached hydrogen (secondary N) is 2. The van der Waals surface area contributed by atoms with Crippen molar-refractivity contribution in [2.24, 2.45) is 0 Å². The van der Waals surface area contributed by atoms with Crippen LogP contribution in [0.15, 0.2) is 52.6 Å². The van der Waals surface area contributed by atoms with Crippen LogP contribution in [-0.2, 0) is 6.42 Å². The molecule has 152 valence electrons. The fourth-order valence-corrected chi connectivity index (χ4v) is 3.00. The number of carbonyl (C=O) groups excluding carboxylic acids is 1. The number of benzene rings is 1. The van der Waals surface area contributed by atoms with Gasteiger partial charge in [0.15, 0.2) is 0 Å². The summed E-state index contributed by atoms with van der Waals surface area (Å²) in [5.74, 6) is 0.988. The summed E-state index contributed by atoms with van der Waals surface area (Å²) in [6, 6.07) is 9.33. The summed E-state index contributed by atoms with van der Waals surface area (Å²) in [6.45, 7) is 0.636. The first-order valence-electron chi connectivity index (χ1n) is 9.03. The number of amides is 1. The van der Waals surface area contributed by atoms with Crippen LogP contribution in [-0.4, -0.2) is 37.8 Å². The molecule has 4 rings (SSSR count). The van der Waals surface area contributed by atoms with Crippen molar-refractivity contribution >= 4 is 28.2 Å². The Labute approximate surface area is 174 Å². The van der Waals surface area contributed by atoms with Gasteiger partial charge in [-0.2, -0.15) is 4.98 Å². The number of aryl methyl sites for hydroxylation is 1. The summed E-state index contributed by atoms with van der Waals surface area (Å²) in [5, 5.41) is 17.6. The van der Waals surface area contributed by atoms with E-state index in [1.807, 2.05) is 0 Å². The number of nitrogens with zero attached hydrogens (tertiary/aromatic N) is 5. The Morgan fingerprint density at radius 2 is 2.03 bits per heavy atom. The van der Waals surface area contributed by atoms with E-state index in [1.54, 1.807) is 29.8 Å². The van der Waals surface area contributed by atoms with E-state index in [9.17, 15) is 9.18 Å². The van der Waals surface area contributed by atoms with Gasteiger partial charge in [0.25, 0.3) is 5.91 Å². The van der Waals surface area contributed by atoms with Crippen molar-refractivity contribution < 1.29 is 13.7 Å². The molecule has 0 unspecified atom stereocenters. The zero-order valence-corrected chi connectivity index (χ0v) is 16.4. The van der Waals surface area contributed by atoms with Crippen molar-refractivity contribution in [2.45, 2.75) is 12.8 Å². The topological polar surface area (TPSA) is 119 Å². The van der Waals surface area contributed by atoms with Gasteiger partial charge < -0.3 is 9.84 Å². The van der Waals surface area contributed by atoms with Crippen molar-refractivity contribution in [3.05, 3.63) is 65.4 Å². The summed E-state index contributed by atoms with van der Waals surface area (Å²) in [4.78, 5) is 20.6. The highest BCUT2D eigenvalue weighted by Crippen LogP contribution is 2.17. The highest BCUT2D eigenvalue weighted by Gasteiger charge is 2.10. The van der Waals surface area contributed by atoms with E-state index in [1.165, 1.54) is 29.7 Å². The average Bonchev–Trinajstić information content (AvgIpc) is 3.44. The van der Waals surface area contributed by atoms with Crippen LogP contribution in [0.25, 0.3) is 11.4 Å². The Morgan fingerprint density at radius 3 is 2.77 bits per heavy atom. The van der Waals surface area contributed by atoms with Gasteiger partial charge in [0.1, 0.15) is 17.1 Å². The predicted octanol–water partition coefficient (Wildman–Crippen LogP) is 3.42. The Hall–Kier alpha value is -3.73. The third-order valence-electron chi connectivity index (χ3n) is 4.05. The van der Waals surface area contributed by atoms with E-state index in [-0.39, 0.29) is 11.7 Å². The van der Waals surface area contributed by atoms with Crippen molar-refractivity contribution in [3.63, 3.8) is 0 Å². The van der Waals surface area contributed by atoms with Gasteiger partial charge in [-0.1, -0.05) is 16.5 Å². The molecule has 0 spiro atoms. The maximum absolute atomic E-state index is 13.0. The van der Waals surface area contributed by atoms with Crippen LogP contribution in [0.5, 0.6) is 0 Å². The van der Waals surface area contributed by atoms with E-state index >= 15 is 0 Å². The second kappa shape index (κ2) is 9.18. The molecule has 3 heterocycles. The molecule has 0 aliphatic carbocycles. The van der Waals surface area contributed by atoms with Gasteiger partial charge in [-0.05, 0) is 42.8 Å². The van der Waals surface area contributed by atoms with E-state index in [4.69, 9.17) is 4.52 Å². The van der Waals surface area contributed by atoms with Crippen molar-refractivity contribution in [1.82, 2.24) is 25.3 Å². The number of pyridine rings is 1. The number of rotatable bonds is 8. The van der Waals surface area contributed by atoms with Crippen LogP contribution in [0.3, 0.4) is 0 Å². The zero-order chi connectivity index (χ0) is 20.8. The minimum atomic E-state index is -0.312. The lowest BCUT2D eigenvalue weighted by molar-refractivity contribution is 0.102. The minimum absolute atomic E-state index is 0.292. The van der Waals surface area contributed by atoms with Gasteiger partial charge >= 0.3 is 0 Å². The van der Waals surface area contributed by atoms with E-state index in [2.05, 4.69) is 36.0 Å². The molecule has 3 aromatic heterocycles. The van der Waals surface area contributed by atoms with Crippen LogP contribution in [0, 0.1) is 5.82 Å². The maximum Gasteiger partial charge on any atom is 0.259 e. The molecule has 4 aromatic rings. The highest BCUT2D eigenvalue weighted by atomic mass is 32.1. The fourth-order valence-electron chi connectivity index (χ4n) is 2.56. The third kappa shape index (κ3) is 5.00. The molecule has 1 amide bonds. The number of hydrogen-bond donors (Lipinski definition) is 2. The molecule has 11 heteroatoms. The Balaban J connectivity index is 1.23. The van der Waals surface area contributed by atoms with Crippen molar-refractivity contribution in [1.29, 1.82) is 0 Å². The van der Waals surface area contributed by atoms with E-state index < -0.39 is 0 Å². The SMILES string of the molecule is O=C(Nc1nncs1)c1ccc(NCCCc2nc(-c3ccc(F)cc3)no2)nc1. The summed E-state index contributed by atoms with van der Waals surface area (Å²) in [5.41, 5.74) is 2.66.